The Bertz CT molecular complexity index is 620. The second kappa shape index (κ2) is 3.14. The van der Waals surface area contributed by atoms with Crippen molar-refractivity contribution >= 4 is 34.7 Å². The summed E-state index contributed by atoms with van der Waals surface area (Å²) in [5.74, 6) is -0.665. The molecule has 2 N–H and O–H groups in total. The predicted octanol–water partition coefficient (Wildman–Crippen LogP) is 1.77. The zero-order valence-corrected chi connectivity index (χ0v) is 8.17. The lowest BCUT2D eigenvalue weighted by Crippen LogP contribution is -2.09. The summed E-state index contributed by atoms with van der Waals surface area (Å²) in [6, 6.07) is 0. The van der Waals surface area contributed by atoms with Crippen molar-refractivity contribution in [2.24, 2.45) is 0 Å². The first-order chi connectivity index (χ1) is 6.59. The molecule has 0 aromatic carbocycles. The van der Waals surface area contributed by atoms with Gasteiger partial charge in [-0.2, -0.15) is 0 Å². The number of fused-ring (bicyclic) bond motifs is 1. The average Bonchev–Trinajstić information content (AvgIpc) is 2.10. The Labute approximate surface area is 86.8 Å². The molecule has 7 heteroatoms. The standard InChI is InChI=1S/C7H3ClFN3OS/c8-5-3-4(2(9)1-10-5)11-7(14)12-6(3)13/h1H,(H2,11,12,13,14). The summed E-state index contributed by atoms with van der Waals surface area (Å²) in [5, 5.41) is -0.0887. The molecule has 0 amide bonds. The summed E-state index contributed by atoms with van der Waals surface area (Å²) >= 11 is 10.3. The molecule has 0 radical (unpaired) electrons. The van der Waals surface area contributed by atoms with E-state index in [0.717, 1.165) is 6.20 Å². The van der Waals surface area contributed by atoms with Gasteiger partial charge in [-0.25, -0.2) is 9.37 Å². The van der Waals surface area contributed by atoms with Crippen LogP contribution in [0.4, 0.5) is 4.39 Å². The molecule has 72 valence electrons. The summed E-state index contributed by atoms with van der Waals surface area (Å²) in [4.78, 5) is 19.6. The van der Waals surface area contributed by atoms with E-state index in [1.807, 2.05) is 0 Å². The Balaban J connectivity index is 3.16. The number of hydrogen-bond acceptors (Lipinski definition) is 3. The smallest absolute Gasteiger partial charge is 0.262 e. The number of aromatic amines is 2. The quantitative estimate of drug-likeness (QED) is 0.537. The van der Waals surface area contributed by atoms with Crippen molar-refractivity contribution in [1.29, 1.82) is 0 Å². The van der Waals surface area contributed by atoms with Crippen LogP contribution in [0, 0.1) is 10.6 Å². The Hall–Kier alpha value is -1.27. The van der Waals surface area contributed by atoms with Crippen LogP contribution in [0.15, 0.2) is 11.0 Å². The van der Waals surface area contributed by atoms with Crippen LogP contribution < -0.4 is 5.56 Å². The number of nitrogens with zero attached hydrogens (tertiary/aromatic N) is 1. The van der Waals surface area contributed by atoms with Gasteiger partial charge in [-0.05, 0) is 12.2 Å². The minimum atomic E-state index is -0.665. The minimum absolute atomic E-state index is 0.0275. The lowest BCUT2D eigenvalue weighted by Gasteiger charge is -1.99. The van der Waals surface area contributed by atoms with Crippen molar-refractivity contribution in [2.75, 3.05) is 0 Å². The molecule has 4 nitrogen and oxygen atoms in total. The summed E-state index contributed by atoms with van der Waals surface area (Å²) in [6.07, 6.45) is 0.926. The van der Waals surface area contributed by atoms with Gasteiger partial charge >= 0.3 is 0 Å². The molecule has 0 aliphatic carbocycles. The van der Waals surface area contributed by atoms with Crippen LogP contribution in [0.25, 0.3) is 10.9 Å². The number of aromatic nitrogens is 3. The summed E-state index contributed by atoms with van der Waals surface area (Å²) in [7, 11) is 0. The third kappa shape index (κ3) is 1.32. The fraction of sp³-hybridized carbons (Fsp3) is 0. The predicted molar refractivity (Wildman–Crippen MR) is 52.5 cm³/mol. The highest BCUT2D eigenvalue weighted by atomic mass is 35.5. The van der Waals surface area contributed by atoms with Crippen LogP contribution in [-0.2, 0) is 0 Å². The largest absolute Gasteiger partial charge is 0.329 e. The lowest BCUT2D eigenvalue weighted by atomic mass is 10.3. The minimum Gasteiger partial charge on any atom is -0.329 e. The van der Waals surface area contributed by atoms with E-state index in [2.05, 4.69) is 27.2 Å². The van der Waals surface area contributed by atoms with Crippen molar-refractivity contribution in [2.45, 2.75) is 0 Å². The maximum absolute atomic E-state index is 13.2. The number of halogens is 2. The average molecular weight is 232 g/mol. The Morgan fingerprint density at radius 3 is 2.93 bits per heavy atom. The van der Waals surface area contributed by atoms with Crippen molar-refractivity contribution in [1.82, 2.24) is 15.0 Å². The highest BCUT2D eigenvalue weighted by Gasteiger charge is 2.09. The van der Waals surface area contributed by atoms with Crippen LogP contribution in [0.1, 0.15) is 0 Å². The number of pyridine rings is 1. The van der Waals surface area contributed by atoms with Crippen molar-refractivity contribution < 1.29 is 4.39 Å². The van der Waals surface area contributed by atoms with Crippen molar-refractivity contribution in [3.63, 3.8) is 0 Å². The van der Waals surface area contributed by atoms with Crippen LogP contribution in [0.2, 0.25) is 5.15 Å². The molecule has 2 aromatic heterocycles. The maximum atomic E-state index is 13.2. The fourth-order valence-electron chi connectivity index (χ4n) is 1.10. The third-order valence-electron chi connectivity index (χ3n) is 1.68. The molecule has 0 aliphatic heterocycles. The number of rotatable bonds is 0. The van der Waals surface area contributed by atoms with E-state index in [9.17, 15) is 9.18 Å². The monoisotopic (exact) mass is 231 g/mol. The second-order valence-corrected chi connectivity index (χ2v) is 3.32. The molecule has 2 rings (SSSR count). The molecular weight excluding hydrogens is 229 g/mol. The Morgan fingerprint density at radius 2 is 2.21 bits per heavy atom. The third-order valence-corrected chi connectivity index (χ3v) is 2.17. The highest BCUT2D eigenvalue weighted by molar-refractivity contribution is 7.71. The molecule has 0 spiro atoms. The van der Waals surface area contributed by atoms with Gasteiger partial charge in [-0.15, -0.1) is 0 Å². The first-order valence-corrected chi connectivity index (χ1v) is 4.34. The van der Waals surface area contributed by atoms with Gasteiger partial charge < -0.3 is 4.98 Å². The van der Waals surface area contributed by atoms with Crippen molar-refractivity contribution in [3.8, 4) is 0 Å². The van der Waals surface area contributed by atoms with Crippen LogP contribution >= 0.6 is 23.8 Å². The van der Waals surface area contributed by atoms with Gasteiger partial charge in [0, 0.05) is 0 Å². The SMILES string of the molecule is O=c1[nH]c(=S)[nH]c2c(F)cnc(Cl)c12. The van der Waals surface area contributed by atoms with Gasteiger partial charge in [0.1, 0.15) is 10.5 Å². The molecule has 0 saturated heterocycles. The Morgan fingerprint density at radius 1 is 1.50 bits per heavy atom. The molecular formula is C7H3ClFN3OS. The van der Waals surface area contributed by atoms with Crippen LogP contribution in [0.5, 0.6) is 0 Å². The summed E-state index contributed by atoms with van der Waals surface area (Å²) in [5.41, 5.74) is -0.584. The molecule has 14 heavy (non-hydrogen) atoms. The number of H-pyrrole nitrogens is 2. The van der Waals surface area contributed by atoms with E-state index in [1.165, 1.54) is 0 Å². The van der Waals surface area contributed by atoms with Crippen LogP contribution in [0.3, 0.4) is 0 Å². The van der Waals surface area contributed by atoms with Gasteiger partial charge in [0.25, 0.3) is 5.56 Å². The molecule has 2 heterocycles. The van der Waals surface area contributed by atoms with Crippen LogP contribution in [-0.4, -0.2) is 15.0 Å². The molecule has 0 saturated carbocycles. The van der Waals surface area contributed by atoms with Gasteiger partial charge in [0.05, 0.1) is 11.7 Å². The maximum Gasteiger partial charge on any atom is 0.262 e. The molecule has 0 fully saturated rings. The first-order valence-electron chi connectivity index (χ1n) is 3.56. The van der Waals surface area contributed by atoms with E-state index in [0.29, 0.717) is 0 Å². The van der Waals surface area contributed by atoms with Gasteiger partial charge in [0.15, 0.2) is 10.6 Å². The topological polar surface area (TPSA) is 61.5 Å². The van der Waals surface area contributed by atoms with E-state index in [4.69, 9.17) is 11.6 Å². The fourth-order valence-corrected chi connectivity index (χ4v) is 1.53. The Kier molecular flexibility index (Phi) is 2.09. The number of nitrogens with one attached hydrogen (secondary N) is 2. The summed E-state index contributed by atoms with van der Waals surface area (Å²) in [6.45, 7) is 0. The lowest BCUT2D eigenvalue weighted by molar-refractivity contribution is 0.630. The van der Waals surface area contributed by atoms with E-state index < -0.39 is 11.4 Å². The molecule has 0 bridgehead atoms. The van der Waals surface area contributed by atoms with E-state index in [-0.39, 0.29) is 20.8 Å². The van der Waals surface area contributed by atoms with Gasteiger partial charge in [-0.3, -0.25) is 9.78 Å². The molecule has 0 aliphatic rings. The zero-order chi connectivity index (χ0) is 10.3. The number of hydrogen-bond donors (Lipinski definition) is 2. The molecule has 0 atom stereocenters. The van der Waals surface area contributed by atoms with Gasteiger partial charge in [-0.1, -0.05) is 11.6 Å². The highest BCUT2D eigenvalue weighted by Crippen LogP contribution is 2.17. The van der Waals surface area contributed by atoms with Gasteiger partial charge in [0.2, 0.25) is 0 Å². The van der Waals surface area contributed by atoms with E-state index in [1.54, 1.807) is 0 Å². The first kappa shape index (κ1) is 9.29. The van der Waals surface area contributed by atoms with Crippen molar-refractivity contribution in [3.05, 3.63) is 32.3 Å². The van der Waals surface area contributed by atoms with E-state index >= 15 is 0 Å². The molecule has 2 aromatic rings. The summed E-state index contributed by atoms with van der Waals surface area (Å²) < 4.78 is 13.2. The normalized spacial score (nSPS) is 10.7. The second-order valence-electron chi connectivity index (χ2n) is 2.56. The molecule has 0 unspecified atom stereocenters. The zero-order valence-electron chi connectivity index (χ0n) is 6.60.